The lowest BCUT2D eigenvalue weighted by Crippen LogP contribution is -2.50. The highest BCUT2D eigenvalue weighted by Crippen LogP contribution is 2.28. The molecule has 0 aromatic carbocycles. The maximum Gasteiger partial charge on any atom is 0.372 e. The molecule has 1 aliphatic carbocycles. The number of carbonyl (C=O) groups is 1. The van der Waals surface area contributed by atoms with Crippen molar-refractivity contribution in [2.24, 2.45) is 5.92 Å². The van der Waals surface area contributed by atoms with Crippen LogP contribution in [0.15, 0.2) is 11.6 Å². The van der Waals surface area contributed by atoms with Crippen molar-refractivity contribution < 1.29 is 9.72 Å². The standard InChI is InChI=1S/C17H24N6O3S/c24-16(13-3-1-2-4-13)21-9-7-20(8-10-21)6-5-18-14-15(23(25)26)22-11-12-27-17(22)19-14/h11-13,18H,1-10H2. The average molecular weight is 392 g/mol. The number of anilines is 1. The number of hydrogen-bond donors (Lipinski definition) is 1. The molecular weight excluding hydrogens is 368 g/mol. The van der Waals surface area contributed by atoms with Crippen LogP contribution in [0, 0.1) is 16.0 Å². The summed E-state index contributed by atoms with van der Waals surface area (Å²) < 4.78 is 1.50. The van der Waals surface area contributed by atoms with Gasteiger partial charge < -0.3 is 20.3 Å². The molecular formula is C17H24N6O3S. The molecule has 0 radical (unpaired) electrons. The van der Waals surface area contributed by atoms with E-state index in [1.165, 1.54) is 28.6 Å². The van der Waals surface area contributed by atoms with Gasteiger partial charge in [-0.2, -0.15) is 9.38 Å². The van der Waals surface area contributed by atoms with E-state index in [9.17, 15) is 14.9 Å². The van der Waals surface area contributed by atoms with E-state index in [4.69, 9.17) is 0 Å². The Morgan fingerprint density at radius 3 is 2.74 bits per heavy atom. The van der Waals surface area contributed by atoms with Crippen molar-refractivity contribution >= 4 is 33.8 Å². The number of amides is 1. The molecule has 3 heterocycles. The molecule has 1 amide bonds. The molecule has 27 heavy (non-hydrogen) atoms. The number of nitrogens with one attached hydrogen (secondary N) is 1. The molecule has 0 spiro atoms. The zero-order valence-electron chi connectivity index (χ0n) is 15.2. The summed E-state index contributed by atoms with van der Waals surface area (Å²) in [5.74, 6) is 0.882. The molecule has 1 saturated heterocycles. The van der Waals surface area contributed by atoms with Gasteiger partial charge in [-0.25, -0.2) is 0 Å². The fourth-order valence-electron chi connectivity index (χ4n) is 4.02. The van der Waals surface area contributed by atoms with E-state index < -0.39 is 4.92 Å². The minimum absolute atomic E-state index is 0.0155. The zero-order chi connectivity index (χ0) is 18.8. The fourth-order valence-corrected chi connectivity index (χ4v) is 4.73. The van der Waals surface area contributed by atoms with Crippen molar-refractivity contribution in [2.75, 3.05) is 44.6 Å². The van der Waals surface area contributed by atoms with Gasteiger partial charge in [0, 0.05) is 50.6 Å². The molecule has 1 aliphatic heterocycles. The minimum Gasteiger partial charge on any atom is -0.362 e. The molecule has 2 aliphatic rings. The third-order valence-corrected chi connectivity index (χ3v) is 6.28. The third kappa shape index (κ3) is 3.77. The van der Waals surface area contributed by atoms with E-state index in [-0.39, 0.29) is 11.7 Å². The second-order valence-corrected chi connectivity index (χ2v) is 8.04. The van der Waals surface area contributed by atoms with Crippen LogP contribution in [-0.4, -0.2) is 69.3 Å². The van der Waals surface area contributed by atoms with Crippen LogP contribution in [0.2, 0.25) is 0 Å². The molecule has 0 unspecified atom stereocenters. The lowest BCUT2D eigenvalue weighted by molar-refractivity contribution is -0.389. The topological polar surface area (TPSA) is 96.0 Å². The number of rotatable bonds is 6. The first-order valence-electron chi connectivity index (χ1n) is 9.48. The summed E-state index contributed by atoms with van der Waals surface area (Å²) in [5.41, 5.74) is 0. The second kappa shape index (κ2) is 7.81. The lowest BCUT2D eigenvalue weighted by atomic mass is 10.1. The van der Waals surface area contributed by atoms with Gasteiger partial charge in [0.15, 0.2) is 0 Å². The van der Waals surface area contributed by atoms with Crippen molar-refractivity contribution in [3.05, 3.63) is 21.7 Å². The number of nitrogens with zero attached hydrogens (tertiary/aromatic N) is 5. The van der Waals surface area contributed by atoms with E-state index in [0.717, 1.165) is 45.6 Å². The van der Waals surface area contributed by atoms with Gasteiger partial charge in [0.25, 0.3) is 4.96 Å². The first kappa shape index (κ1) is 18.2. The number of imidazole rings is 1. The van der Waals surface area contributed by atoms with Crippen LogP contribution in [0.3, 0.4) is 0 Å². The molecule has 2 fully saturated rings. The second-order valence-electron chi connectivity index (χ2n) is 7.17. The number of carbonyl (C=O) groups excluding carboxylic acids is 1. The minimum atomic E-state index is -0.400. The van der Waals surface area contributed by atoms with Gasteiger partial charge in [0.05, 0.1) is 0 Å². The number of aromatic nitrogens is 2. The monoisotopic (exact) mass is 392 g/mol. The average Bonchev–Trinajstić information content (AvgIpc) is 3.38. The Morgan fingerprint density at radius 2 is 2.04 bits per heavy atom. The van der Waals surface area contributed by atoms with E-state index in [1.54, 1.807) is 11.6 Å². The first-order valence-corrected chi connectivity index (χ1v) is 10.4. The highest BCUT2D eigenvalue weighted by atomic mass is 32.1. The summed E-state index contributed by atoms with van der Waals surface area (Å²) in [6.07, 6.45) is 6.12. The van der Waals surface area contributed by atoms with Gasteiger partial charge in [-0.05, 0) is 17.8 Å². The van der Waals surface area contributed by atoms with Gasteiger partial charge in [0.1, 0.15) is 6.20 Å². The Labute approximate surface area is 161 Å². The summed E-state index contributed by atoms with van der Waals surface area (Å²) in [6, 6.07) is 0. The van der Waals surface area contributed by atoms with Gasteiger partial charge in [0.2, 0.25) is 11.7 Å². The lowest BCUT2D eigenvalue weighted by Gasteiger charge is -2.36. The van der Waals surface area contributed by atoms with E-state index in [1.807, 2.05) is 4.90 Å². The molecule has 2 aromatic heterocycles. The maximum absolute atomic E-state index is 12.5. The summed E-state index contributed by atoms with van der Waals surface area (Å²) in [6.45, 7) is 4.60. The summed E-state index contributed by atoms with van der Waals surface area (Å²) in [5, 5.41) is 16.2. The van der Waals surface area contributed by atoms with Crippen molar-refractivity contribution in [2.45, 2.75) is 25.7 Å². The molecule has 0 bridgehead atoms. The van der Waals surface area contributed by atoms with Crippen LogP contribution in [0.4, 0.5) is 11.6 Å². The number of hydrogen-bond acceptors (Lipinski definition) is 7. The number of nitro groups is 1. The number of piperazine rings is 1. The largest absolute Gasteiger partial charge is 0.372 e. The zero-order valence-corrected chi connectivity index (χ0v) is 16.0. The Hall–Kier alpha value is -2.20. The van der Waals surface area contributed by atoms with Gasteiger partial charge in [-0.15, -0.1) is 0 Å². The molecule has 1 saturated carbocycles. The van der Waals surface area contributed by atoms with E-state index in [2.05, 4.69) is 15.2 Å². The molecule has 4 rings (SSSR count). The highest BCUT2D eigenvalue weighted by molar-refractivity contribution is 7.15. The van der Waals surface area contributed by atoms with Gasteiger partial charge in [-0.3, -0.25) is 9.69 Å². The van der Waals surface area contributed by atoms with Crippen molar-refractivity contribution in [1.29, 1.82) is 0 Å². The van der Waals surface area contributed by atoms with Crippen molar-refractivity contribution in [3.8, 4) is 0 Å². The first-order chi connectivity index (χ1) is 13.1. The molecule has 10 heteroatoms. The van der Waals surface area contributed by atoms with Crippen LogP contribution in [0.25, 0.3) is 4.96 Å². The van der Waals surface area contributed by atoms with Crippen LogP contribution in [0.5, 0.6) is 0 Å². The van der Waals surface area contributed by atoms with E-state index in [0.29, 0.717) is 23.2 Å². The molecule has 0 atom stereocenters. The number of fused-ring (bicyclic) bond motifs is 1. The third-order valence-electron chi connectivity index (χ3n) is 5.52. The summed E-state index contributed by atoms with van der Waals surface area (Å²) >= 11 is 1.37. The van der Waals surface area contributed by atoms with Gasteiger partial charge in [-0.1, -0.05) is 24.2 Å². The fraction of sp³-hybridized carbons (Fsp3) is 0.647. The van der Waals surface area contributed by atoms with Crippen molar-refractivity contribution in [3.63, 3.8) is 0 Å². The SMILES string of the molecule is O=C(C1CCCC1)N1CCN(CCNc2nc3sccn3c2[N+](=O)[O-])CC1. The maximum atomic E-state index is 12.5. The van der Waals surface area contributed by atoms with Crippen LogP contribution < -0.4 is 5.32 Å². The van der Waals surface area contributed by atoms with Crippen LogP contribution in [0.1, 0.15) is 25.7 Å². The van der Waals surface area contributed by atoms with E-state index >= 15 is 0 Å². The highest BCUT2D eigenvalue weighted by Gasteiger charge is 2.29. The summed E-state index contributed by atoms with van der Waals surface area (Å²) in [7, 11) is 0. The molecule has 1 N–H and O–H groups in total. The Bertz CT molecular complexity index is 820. The van der Waals surface area contributed by atoms with Crippen LogP contribution >= 0.6 is 11.3 Å². The molecule has 146 valence electrons. The molecule has 2 aromatic rings. The molecule has 9 nitrogen and oxygen atoms in total. The summed E-state index contributed by atoms with van der Waals surface area (Å²) in [4.78, 5) is 32.6. The predicted molar refractivity (Wildman–Crippen MR) is 103 cm³/mol. The number of thiazole rings is 1. The Morgan fingerprint density at radius 1 is 1.30 bits per heavy atom. The predicted octanol–water partition coefficient (Wildman–Crippen LogP) is 2.05. The Kier molecular flexibility index (Phi) is 5.26. The van der Waals surface area contributed by atoms with Crippen molar-refractivity contribution in [1.82, 2.24) is 19.2 Å². The quantitative estimate of drug-likeness (QED) is 0.597. The van der Waals surface area contributed by atoms with Gasteiger partial charge >= 0.3 is 5.82 Å². The Balaban J connectivity index is 1.26. The normalized spacial score (nSPS) is 19.0. The smallest absolute Gasteiger partial charge is 0.362 e. The van der Waals surface area contributed by atoms with Crippen LogP contribution in [-0.2, 0) is 4.79 Å².